The summed E-state index contributed by atoms with van der Waals surface area (Å²) in [6.45, 7) is 6.20. The number of carbonyl (C=O) groups is 3. The van der Waals surface area contributed by atoms with Gasteiger partial charge in [-0.15, -0.1) is 0 Å². The Kier molecular flexibility index (Phi) is 6.82. The standard InChI is InChI=1S/C30H32N2O5/c1-29(2,3)23-15-14-20(16-25(23)36-4)27(34)32-24-13-9-12-21(26(31)33)22(24)18-30(32,28(35)37-5)17-19-10-7-6-8-11-19/h6-16H,17-18H2,1-5H3,(H2,31,33). The SMILES string of the molecule is COC(=O)C1(Cc2ccccc2)Cc2c(C(N)=O)cccc2N1C(=O)c1ccc(C(C)(C)C)c(OC)c1. The summed E-state index contributed by atoms with van der Waals surface area (Å²) in [5, 5.41) is 0. The lowest BCUT2D eigenvalue weighted by molar-refractivity contribution is -0.146. The molecule has 0 spiro atoms. The third-order valence-electron chi connectivity index (χ3n) is 6.92. The molecule has 0 aliphatic carbocycles. The number of hydrogen-bond donors (Lipinski definition) is 1. The third kappa shape index (κ3) is 4.57. The molecule has 0 saturated carbocycles. The third-order valence-corrected chi connectivity index (χ3v) is 6.92. The second kappa shape index (κ2) is 9.73. The first-order valence-electron chi connectivity index (χ1n) is 12.1. The summed E-state index contributed by atoms with van der Waals surface area (Å²) in [5.74, 6) is -1.02. The van der Waals surface area contributed by atoms with Crippen molar-refractivity contribution in [1.29, 1.82) is 0 Å². The summed E-state index contributed by atoms with van der Waals surface area (Å²) in [6.07, 6.45) is 0.280. The van der Waals surface area contributed by atoms with E-state index in [1.807, 2.05) is 36.4 Å². The van der Waals surface area contributed by atoms with E-state index < -0.39 is 23.3 Å². The van der Waals surface area contributed by atoms with E-state index in [-0.39, 0.29) is 23.8 Å². The highest BCUT2D eigenvalue weighted by atomic mass is 16.5. The van der Waals surface area contributed by atoms with Gasteiger partial charge in [0.2, 0.25) is 5.91 Å². The average molecular weight is 501 g/mol. The van der Waals surface area contributed by atoms with Crippen LogP contribution in [0.5, 0.6) is 5.75 Å². The number of anilines is 1. The molecule has 3 aromatic carbocycles. The number of primary amides is 1. The zero-order valence-electron chi connectivity index (χ0n) is 21.8. The van der Waals surface area contributed by atoms with E-state index in [1.54, 1.807) is 37.4 Å². The molecule has 192 valence electrons. The number of esters is 1. The molecule has 1 heterocycles. The van der Waals surface area contributed by atoms with Crippen molar-refractivity contribution in [1.82, 2.24) is 0 Å². The summed E-state index contributed by atoms with van der Waals surface area (Å²) < 4.78 is 10.9. The minimum absolute atomic E-state index is 0.0892. The van der Waals surface area contributed by atoms with E-state index in [0.29, 0.717) is 22.6 Å². The van der Waals surface area contributed by atoms with Gasteiger partial charge in [-0.25, -0.2) is 4.79 Å². The van der Waals surface area contributed by atoms with Crippen molar-refractivity contribution in [2.45, 2.75) is 44.6 Å². The highest BCUT2D eigenvalue weighted by Gasteiger charge is 2.54. The fourth-order valence-electron chi connectivity index (χ4n) is 5.18. The minimum atomic E-state index is -1.42. The Morgan fingerprint density at radius 1 is 0.973 bits per heavy atom. The van der Waals surface area contributed by atoms with E-state index in [1.165, 1.54) is 12.0 Å². The Balaban J connectivity index is 1.94. The van der Waals surface area contributed by atoms with Gasteiger partial charge >= 0.3 is 5.97 Å². The maximum Gasteiger partial charge on any atom is 0.332 e. The van der Waals surface area contributed by atoms with Crippen LogP contribution in [0.1, 0.15) is 58.2 Å². The Labute approximate surface area is 217 Å². The Morgan fingerprint density at radius 3 is 2.27 bits per heavy atom. The van der Waals surface area contributed by atoms with E-state index in [4.69, 9.17) is 15.2 Å². The van der Waals surface area contributed by atoms with Crippen molar-refractivity contribution in [2.75, 3.05) is 19.1 Å². The monoisotopic (exact) mass is 500 g/mol. The molecule has 1 aliphatic heterocycles. The molecule has 0 aromatic heterocycles. The van der Waals surface area contributed by atoms with Gasteiger partial charge in [0, 0.05) is 29.7 Å². The second-order valence-corrected chi connectivity index (χ2v) is 10.3. The topological polar surface area (TPSA) is 98.9 Å². The predicted octanol–water partition coefficient (Wildman–Crippen LogP) is 4.45. The molecular formula is C30H32N2O5. The maximum atomic E-state index is 14.3. The first kappa shape index (κ1) is 25.9. The van der Waals surface area contributed by atoms with Crippen LogP contribution in [-0.4, -0.2) is 37.5 Å². The van der Waals surface area contributed by atoms with Crippen LogP contribution >= 0.6 is 0 Å². The van der Waals surface area contributed by atoms with Crippen LogP contribution in [-0.2, 0) is 27.8 Å². The Morgan fingerprint density at radius 2 is 1.68 bits per heavy atom. The van der Waals surface area contributed by atoms with Crippen molar-refractivity contribution in [2.24, 2.45) is 5.73 Å². The lowest BCUT2D eigenvalue weighted by atomic mass is 9.84. The normalized spacial score (nSPS) is 16.7. The number of carbonyl (C=O) groups excluding carboxylic acids is 3. The van der Waals surface area contributed by atoms with E-state index in [2.05, 4.69) is 20.8 Å². The lowest BCUT2D eigenvalue weighted by Crippen LogP contribution is -2.58. The molecular weight excluding hydrogens is 468 g/mol. The molecule has 3 aromatic rings. The molecule has 2 amide bonds. The van der Waals surface area contributed by atoms with Crippen LogP contribution < -0.4 is 15.4 Å². The number of benzene rings is 3. The molecule has 1 aliphatic rings. The van der Waals surface area contributed by atoms with Crippen LogP contribution in [0.15, 0.2) is 66.7 Å². The molecule has 0 bridgehead atoms. The summed E-state index contributed by atoms with van der Waals surface area (Å²) in [7, 11) is 2.87. The van der Waals surface area contributed by atoms with Gasteiger partial charge in [-0.05, 0) is 46.4 Å². The molecule has 1 atom stereocenters. The van der Waals surface area contributed by atoms with Gasteiger partial charge < -0.3 is 15.2 Å². The van der Waals surface area contributed by atoms with Gasteiger partial charge in [-0.1, -0.05) is 63.2 Å². The first-order valence-corrected chi connectivity index (χ1v) is 12.1. The molecule has 7 nitrogen and oxygen atoms in total. The van der Waals surface area contributed by atoms with Gasteiger partial charge in [0.25, 0.3) is 5.91 Å². The molecule has 0 saturated heterocycles. The number of hydrogen-bond acceptors (Lipinski definition) is 5. The van der Waals surface area contributed by atoms with Gasteiger partial charge in [0.15, 0.2) is 5.54 Å². The molecule has 2 N–H and O–H groups in total. The number of amides is 2. The predicted molar refractivity (Wildman–Crippen MR) is 142 cm³/mol. The van der Waals surface area contributed by atoms with Crippen molar-refractivity contribution in [3.05, 3.63) is 94.5 Å². The molecule has 0 radical (unpaired) electrons. The van der Waals surface area contributed by atoms with Crippen LogP contribution in [0.25, 0.3) is 0 Å². The van der Waals surface area contributed by atoms with Crippen molar-refractivity contribution in [3.8, 4) is 5.75 Å². The molecule has 37 heavy (non-hydrogen) atoms. The Bertz CT molecular complexity index is 1360. The lowest BCUT2D eigenvalue weighted by Gasteiger charge is -2.36. The summed E-state index contributed by atoms with van der Waals surface area (Å²) in [6, 6.07) is 19.7. The van der Waals surface area contributed by atoms with Gasteiger partial charge in [-0.3, -0.25) is 14.5 Å². The van der Waals surface area contributed by atoms with Crippen molar-refractivity contribution >= 4 is 23.5 Å². The maximum absolute atomic E-state index is 14.3. The number of methoxy groups -OCH3 is 2. The first-order chi connectivity index (χ1) is 17.5. The van der Waals surface area contributed by atoms with Crippen molar-refractivity contribution in [3.63, 3.8) is 0 Å². The zero-order chi connectivity index (χ0) is 27.0. The van der Waals surface area contributed by atoms with Gasteiger partial charge in [-0.2, -0.15) is 0 Å². The zero-order valence-corrected chi connectivity index (χ0v) is 21.8. The van der Waals surface area contributed by atoms with E-state index in [9.17, 15) is 14.4 Å². The molecule has 4 rings (SSSR count). The number of ether oxygens (including phenoxy) is 2. The van der Waals surface area contributed by atoms with Gasteiger partial charge in [0.05, 0.1) is 14.2 Å². The quantitative estimate of drug-likeness (QED) is 0.504. The summed E-state index contributed by atoms with van der Waals surface area (Å²) in [5.41, 5.74) is 7.49. The average Bonchev–Trinajstić information content (AvgIpc) is 3.21. The Hall–Kier alpha value is -4.13. The highest BCUT2D eigenvalue weighted by molar-refractivity contribution is 6.14. The fourth-order valence-corrected chi connectivity index (χ4v) is 5.18. The van der Waals surface area contributed by atoms with Gasteiger partial charge in [0.1, 0.15) is 5.75 Å². The largest absolute Gasteiger partial charge is 0.496 e. The highest BCUT2D eigenvalue weighted by Crippen LogP contribution is 2.44. The minimum Gasteiger partial charge on any atom is -0.496 e. The molecule has 0 fully saturated rings. The van der Waals surface area contributed by atoms with Crippen LogP contribution in [0, 0.1) is 0 Å². The summed E-state index contributed by atoms with van der Waals surface area (Å²) >= 11 is 0. The van der Waals surface area contributed by atoms with Crippen LogP contribution in [0.2, 0.25) is 0 Å². The van der Waals surface area contributed by atoms with Crippen molar-refractivity contribution < 1.29 is 23.9 Å². The molecule has 1 unspecified atom stereocenters. The second-order valence-electron chi connectivity index (χ2n) is 10.3. The fraction of sp³-hybridized carbons (Fsp3) is 0.300. The van der Waals surface area contributed by atoms with E-state index >= 15 is 0 Å². The van der Waals surface area contributed by atoms with Crippen LogP contribution in [0.4, 0.5) is 5.69 Å². The van der Waals surface area contributed by atoms with E-state index in [0.717, 1.165) is 11.1 Å². The van der Waals surface area contributed by atoms with Crippen LogP contribution in [0.3, 0.4) is 0 Å². The number of rotatable bonds is 6. The summed E-state index contributed by atoms with van der Waals surface area (Å²) in [4.78, 5) is 41.7. The molecule has 7 heteroatoms. The smallest absolute Gasteiger partial charge is 0.332 e. The number of fused-ring (bicyclic) bond motifs is 1. The number of nitrogens with two attached hydrogens (primary N) is 1. The number of nitrogens with zero attached hydrogens (tertiary/aromatic N) is 1.